The summed E-state index contributed by atoms with van der Waals surface area (Å²) in [4.78, 5) is 16.3. The Morgan fingerprint density at radius 1 is 1.24 bits per heavy atom. The molecule has 0 aromatic heterocycles. The van der Waals surface area contributed by atoms with Gasteiger partial charge in [-0.3, -0.25) is 9.69 Å². The van der Waals surface area contributed by atoms with E-state index in [-0.39, 0.29) is 18.4 Å². The molecule has 0 saturated carbocycles. The predicted molar refractivity (Wildman–Crippen MR) is 68.8 cm³/mol. The van der Waals surface area contributed by atoms with Gasteiger partial charge in [-0.05, 0) is 19.8 Å². The summed E-state index contributed by atoms with van der Waals surface area (Å²) in [6, 6.07) is 0.563. The fourth-order valence-corrected chi connectivity index (χ4v) is 2.20. The summed E-state index contributed by atoms with van der Waals surface area (Å²) in [7, 11) is 0. The average molecular weight is 242 g/mol. The Kier molecular flexibility index (Phi) is 5.92. The van der Waals surface area contributed by atoms with Gasteiger partial charge >= 0.3 is 0 Å². The van der Waals surface area contributed by atoms with Gasteiger partial charge in [0.25, 0.3) is 0 Å². The predicted octanol–water partition coefficient (Wildman–Crippen LogP) is 0.948. The van der Waals surface area contributed by atoms with E-state index in [0.717, 1.165) is 32.6 Å². The largest absolute Gasteiger partial charge is 0.396 e. The molecule has 1 heterocycles. The van der Waals surface area contributed by atoms with Crippen LogP contribution in [-0.4, -0.2) is 59.6 Å². The molecule has 1 rings (SSSR count). The van der Waals surface area contributed by atoms with Gasteiger partial charge in [-0.2, -0.15) is 0 Å². The van der Waals surface area contributed by atoms with Crippen LogP contribution in [0.25, 0.3) is 0 Å². The molecule has 1 amide bonds. The summed E-state index contributed by atoms with van der Waals surface area (Å²) in [5.74, 6) is 0.333. The van der Waals surface area contributed by atoms with E-state index in [1.807, 2.05) is 11.8 Å². The van der Waals surface area contributed by atoms with Crippen molar-refractivity contribution >= 4 is 5.91 Å². The number of rotatable bonds is 5. The minimum Gasteiger partial charge on any atom is -0.396 e. The van der Waals surface area contributed by atoms with E-state index in [1.165, 1.54) is 0 Å². The molecule has 1 N–H and O–H groups in total. The van der Waals surface area contributed by atoms with Gasteiger partial charge in [0.2, 0.25) is 5.91 Å². The van der Waals surface area contributed by atoms with Crippen molar-refractivity contribution in [3.63, 3.8) is 0 Å². The second-order valence-electron chi connectivity index (χ2n) is 5.17. The molecule has 1 aliphatic heterocycles. The van der Waals surface area contributed by atoms with Crippen molar-refractivity contribution in [1.82, 2.24) is 9.80 Å². The standard InChI is InChI=1S/C13H26N2O2/c1-4-12(10-16)9-13(17)15-7-5-14(6-8-15)11(2)3/h11-12,16H,4-10H2,1-3H3. The molecule has 1 unspecified atom stereocenters. The third-order valence-electron chi connectivity index (χ3n) is 3.70. The van der Waals surface area contributed by atoms with Gasteiger partial charge in [0.1, 0.15) is 0 Å². The number of aliphatic hydroxyl groups is 1. The Balaban J connectivity index is 2.35. The zero-order valence-corrected chi connectivity index (χ0v) is 11.4. The molecule has 4 heteroatoms. The van der Waals surface area contributed by atoms with Crippen LogP contribution in [0.5, 0.6) is 0 Å². The highest BCUT2D eigenvalue weighted by Crippen LogP contribution is 2.12. The second kappa shape index (κ2) is 6.97. The number of carbonyl (C=O) groups excluding carboxylic acids is 1. The van der Waals surface area contributed by atoms with Crippen LogP contribution >= 0.6 is 0 Å². The van der Waals surface area contributed by atoms with E-state index >= 15 is 0 Å². The number of amides is 1. The normalized spacial score (nSPS) is 19.7. The van der Waals surface area contributed by atoms with E-state index in [2.05, 4.69) is 18.7 Å². The molecular formula is C13H26N2O2. The maximum atomic E-state index is 12.0. The van der Waals surface area contributed by atoms with E-state index in [1.54, 1.807) is 0 Å². The monoisotopic (exact) mass is 242 g/mol. The maximum Gasteiger partial charge on any atom is 0.223 e. The second-order valence-corrected chi connectivity index (χ2v) is 5.17. The highest BCUT2D eigenvalue weighted by molar-refractivity contribution is 5.76. The number of piperazine rings is 1. The summed E-state index contributed by atoms with van der Waals surface area (Å²) >= 11 is 0. The average Bonchev–Trinajstić information content (AvgIpc) is 2.35. The summed E-state index contributed by atoms with van der Waals surface area (Å²) in [6.45, 7) is 10.1. The van der Waals surface area contributed by atoms with Crippen LogP contribution in [0, 0.1) is 5.92 Å². The van der Waals surface area contributed by atoms with Crippen LogP contribution in [0.4, 0.5) is 0 Å². The minimum atomic E-state index is 0.119. The number of hydrogen-bond acceptors (Lipinski definition) is 3. The third-order valence-corrected chi connectivity index (χ3v) is 3.70. The highest BCUT2D eigenvalue weighted by Gasteiger charge is 2.23. The van der Waals surface area contributed by atoms with E-state index in [9.17, 15) is 4.79 Å². The Morgan fingerprint density at radius 2 is 1.82 bits per heavy atom. The van der Waals surface area contributed by atoms with Crippen molar-refractivity contribution in [3.8, 4) is 0 Å². The van der Waals surface area contributed by atoms with Crippen LogP contribution in [-0.2, 0) is 4.79 Å². The quantitative estimate of drug-likeness (QED) is 0.780. The molecule has 0 aromatic carbocycles. The number of carbonyl (C=O) groups is 1. The molecule has 1 fully saturated rings. The molecule has 1 aliphatic rings. The van der Waals surface area contributed by atoms with Gasteiger partial charge in [-0.1, -0.05) is 13.3 Å². The topological polar surface area (TPSA) is 43.8 Å². The fraction of sp³-hybridized carbons (Fsp3) is 0.923. The molecule has 0 radical (unpaired) electrons. The summed E-state index contributed by atoms with van der Waals surface area (Å²) in [5.41, 5.74) is 0. The molecule has 0 aromatic rings. The van der Waals surface area contributed by atoms with Gasteiger partial charge in [-0.15, -0.1) is 0 Å². The van der Waals surface area contributed by atoms with Crippen LogP contribution in [0.2, 0.25) is 0 Å². The lowest BCUT2D eigenvalue weighted by molar-refractivity contribution is -0.134. The Bertz CT molecular complexity index is 232. The number of nitrogens with zero attached hydrogens (tertiary/aromatic N) is 2. The fourth-order valence-electron chi connectivity index (χ4n) is 2.20. The molecule has 0 spiro atoms. The minimum absolute atomic E-state index is 0.119. The first-order valence-electron chi connectivity index (χ1n) is 6.71. The van der Waals surface area contributed by atoms with Gasteiger partial charge in [0.15, 0.2) is 0 Å². The lowest BCUT2D eigenvalue weighted by Crippen LogP contribution is -2.51. The van der Waals surface area contributed by atoms with Crippen molar-refractivity contribution < 1.29 is 9.90 Å². The van der Waals surface area contributed by atoms with E-state index < -0.39 is 0 Å². The molecule has 0 aliphatic carbocycles. The van der Waals surface area contributed by atoms with E-state index in [4.69, 9.17) is 5.11 Å². The Morgan fingerprint density at radius 3 is 2.24 bits per heavy atom. The van der Waals surface area contributed by atoms with Gasteiger partial charge in [0.05, 0.1) is 0 Å². The molecule has 1 saturated heterocycles. The zero-order valence-electron chi connectivity index (χ0n) is 11.4. The van der Waals surface area contributed by atoms with Gasteiger partial charge in [-0.25, -0.2) is 0 Å². The molecule has 4 nitrogen and oxygen atoms in total. The van der Waals surface area contributed by atoms with Crippen LogP contribution in [0.3, 0.4) is 0 Å². The summed E-state index contributed by atoms with van der Waals surface area (Å²) in [6.07, 6.45) is 1.36. The third kappa shape index (κ3) is 4.28. The zero-order chi connectivity index (χ0) is 12.8. The molecular weight excluding hydrogens is 216 g/mol. The molecule has 1 atom stereocenters. The smallest absolute Gasteiger partial charge is 0.223 e. The first kappa shape index (κ1) is 14.5. The van der Waals surface area contributed by atoms with Crippen LogP contribution in [0.15, 0.2) is 0 Å². The highest BCUT2D eigenvalue weighted by atomic mass is 16.3. The SMILES string of the molecule is CCC(CO)CC(=O)N1CCN(C(C)C)CC1. The van der Waals surface area contributed by atoms with Crippen LogP contribution < -0.4 is 0 Å². The molecule has 17 heavy (non-hydrogen) atoms. The Hall–Kier alpha value is -0.610. The molecule has 100 valence electrons. The first-order chi connectivity index (χ1) is 8.08. The summed E-state index contributed by atoms with van der Waals surface area (Å²) in [5, 5.41) is 9.11. The maximum absolute atomic E-state index is 12.0. The van der Waals surface area contributed by atoms with Crippen molar-refractivity contribution in [2.45, 2.75) is 39.7 Å². The number of hydrogen-bond donors (Lipinski definition) is 1. The first-order valence-corrected chi connectivity index (χ1v) is 6.71. The molecule has 0 bridgehead atoms. The van der Waals surface area contributed by atoms with E-state index in [0.29, 0.717) is 12.5 Å². The van der Waals surface area contributed by atoms with Crippen molar-refractivity contribution in [1.29, 1.82) is 0 Å². The van der Waals surface area contributed by atoms with Gasteiger partial charge in [0, 0.05) is 45.2 Å². The summed E-state index contributed by atoms with van der Waals surface area (Å²) < 4.78 is 0. The van der Waals surface area contributed by atoms with Crippen LogP contribution in [0.1, 0.15) is 33.6 Å². The van der Waals surface area contributed by atoms with Crippen molar-refractivity contribution in [2.24, 2.45) is 5.92 Å². The van der Waals surface area contributed by atoms with Crippen molar-refractivity contribution in [3.05, 3.63) is 0 Å². The Labute approximate surface area is 105 Å². The van der Waals surface area contributed by atoms with Gasteiger partial charge < -0.3 is 10.0 Å². The van der Waals surface area contributed by atoms with Crippen molar-refractivity contribution in [2.75, 3.05) is 32.8 Å². The lowest BCUT2D eigenvalue weighted by Gasteiger charge is -2.37. The number of aliphatic hydroxyl groups excluding tert-OH is 1. The lowest BCUT2D eigenvalue weighted by atomic mass is 10.0.